The molecule has 1 N–H and O–H groups in total. The van der Waals surface area contributed by atoms with Gasteiger partial charge in [-0.1, -0.05) is 13.0 Å². The Morgan fingerprint density at radius 1 is 1.38 bits per heavy atom. The lowest BCUT2D eigenvalue weighted by Crippen LogP contribution is -2.58. The fourth-order valence-corrected chi connectivity index (χ4v) is 4.22. The van der Waals surface area contributed by atoms with Gasteiger partial charge < -0.3 is 10.2 Å². The van der Waals surface area contributed by atoms with Crippen molar-refractivity contribution in [3.05, 3.63) is 22.4 Å². The highest BCUT2D eigenvalue weighted by Gasteiger charge is 2.42. The Balaban J connectivity index is 1.54. The van der Waals surface area contributed by atoms with Gasteiger partial charge in [-0.3, -0.25) is 9.69 Å². The zero-order valence-electron chi connectivity index (χ0n) is 12.8. The van der Waals surface area contributed by atoms with Crippen molar-refractivity contribution in [1.29, 1.82) is 0 Å². The smallest absolute Gasteiger partial charge is 0.242 e. The van der Waals surface area contributed by atoms with Crippen LogP contribution in [0.25, 0.3) is 0 Å². The fourth-order valence-electron chi connectivity index (χ4n) is 3.48. The second-order valence-electron chi connectivity index (χ2n) is 6.11. The first-order valence-corrected chi connectivity index (χ1v) is 8.91. The van der Waals surface area contributed by atoms with Gasteiger partial charge in [0.25, 0.3) is 0 Å². The first-order valence-electron chi connectivity index (χ1n) is 8.03. The van der Waals surface area contributed by atoms with Gasteiger partial charge in [0.15, 0.2) is 0 Å². The maximum Gasteiger partial charge on any atom is 0.242 e. The Kier molecular flexibility index (Phi) is 4.62. The molecular weight excluding hydrogens is 282 g/mol. The van der Waals surface area contributed by atoms with Crippen LogP contribution in [0.2, 0.25) is 0 Å². The molecule has 0 saturated carbocycles. The van der Waals surface area contributed by atoms with Crippen molar-refractivity contribution in [1.82, 2.24) is 15.1 Å². The number of hydrogen-bond acceptors (Lipinski definition) is 4. The first kappa shape index (κ1) is 15.0. The lowest BCUT2D eigenvalue weighted by Gasteiger charge is -2.39. The first-order chi connectivity index (χ1) is 10.2. The van der Waals surface area contributed by atoms with E-state index < -0.39 is 0 Å². The van der Waals surface area contributed by atoms with E-state index in [1.54, 1.807) is 0 Å². The van der Waals surface area contributed by atoms with E-state index in [4.69, 9.17) is 0 Å². The Morgan fingerprint density at radius 2 is 2.19 bits per heavy atom. The molecule has 0 bridgehead atoms. The monoisotopic (exact) mass is 307 g/mol. The molecule has 116 valence electrons. The molecule has 1 atom stereocenters. The van der Waals surface area contributed by atoms with E-state index in [0.717, 1.165) is 58.5 Å². The van der Waals surface area contributed by atoms with Crippen molar-refractivity contribution in [2.45, 2.75) is 38.3 Å². The number of carbonyl (C=O) groups is 1. The number of nitrogens with one attached hydrogen (secondary N) is 1. The van der Waals surface area contributed by atoms with Crippen LogP contribution in [0, 0.1) is 0 Å². The van der Waals surface area contributed by atoms with Gasteiger partial charge in [-0.05, 0) is 37.3 Å². The molecule has 2 aliphatic rings. The van der Waals surface area contributed by atoms with Gasteiger partial charge in [0.1, 0.15) is 0 Å². The number of amides is 1. The molecule has 3 heterocycles. The summed E-state index contributed by atoms with van der Waals surface area (Å²) in [5, 5.41) is 5.59. The molecule has 1 amide bonds. The van der Waals surface area contributed by atoms with E-state index >= 15 is 0 Å². The largest absolute Gasteiger partial charge is 0.339 e. The summed E-state index contributed by atoms with van der Waals surface area (Å²) in [4.78, 5) is 18.8. The zero-order chi connectivity index (χ0) is 14.7. The molecule has 2 saturated heterocycles. The zero-order valence-corrected chi connectivity index (χ0v) is 13.6. The van der Waals surface area contributed by atoms with Crippen LogP contribution in [-0.4, -0.2) is 54.0 Å². The molecule has 0 radical (unpaired) electrons. The van der Waals surface area contributed by atoms with Crippen molar-refractivity contribution in [2.24, 2.45) is 0 Å². The van der Waals surface area contributed by atoms with Gasteiger partial charge in [-0.15, -0.1) is 11.3 Å². The highest BCUT2D eigenvalue weighted by atomic mass is 32.1. The maximum atomic E-state index is 12.8. The van der Waals surface area contributed by atoms with Crippen LogP contribution in [0.5, 0.6) is 0 Å². The maximum absolute atomic E-state index is 12.8. The molecule has 1 aromatic rings. The third-order valence-electron chi connectivity index (χ3n) is 4.88. The van der Waals surface area contributed by atoms with Crippen LogP contribution in [0.4, 0.5) is 0 Å². The summed E-state index contributed by atoms with van der Waals surface area (Å²) in [5.74, 6) is 0.332. The predicted molar refractivity (Wildman–Crippen MR) is 86.4 cm³/mol. The fraction of sp³-hybridized carbons (Fsp3) is 0.688. The van der Waals surface area contributed by atoms with Crippen LogP contribution in [-0.2, 0) is 11.3 Å². The molecule has 3 rings (SSSR count). The molecule has 1 aromatic heterocycles. The van der Waals surface area contributed by atoms with Crippen LogP contribution >= 0.6 is 11.3 Å². The number of rotatable bonds is 4. The second-order valence-corrected chi connectivity index (χ2v) is 7.15. The SMILES string of the molecule is CCC1(C(=O)N2CCN(Cc3cccs3)CC2)CCCN1. The summed E-state index contributed by atoms with van der Waals surface area (Å²) in [6.07, 6.45) is 3.02. The number of thiophene rings is 1. The van der Waals surface area contributed by atoms with Crippen molar-refractivity contribution in [3.63, 3.8) is 0 Å². The number of piperazine rings is 1. The van der Waals surface area contributed by atoms with Crippen molar-refractivity contribution in [2.75, 3.05) is 32.7 Å². The van der Waals surface area contributed by atoms with E-state index in [1.807, 2.05) is 11.3 Å². The third-order valence-corrected chi connectivity index (χ3v) is 5.74. The number of hydrogen-bond donors (Lipinski definition) is 1. The molecular formula is C16H25N3OS. The Hall–Kier alpha value is -0.910. The van der Waals surface area contributed by atoms with Crippen molar-refractivity contribution < 1.29 is 4.79 Å². The summed E-state index contributed by atoms with van der Waals surface area (Å²) in [6.45, 7) is 7.85. The van der Waals surface area contributed by atoms with E-state index in [2.05, 4.69) is 39.6 Å². The average molecular weight is 307 g/mol. The highest BCUT2D eigenvalue weighted by molar-refractivity contribution is 7.09. The lowest BCUT2D eigenvalue weighted by atomic mass is 9.92. The quantitative estimate of drug-likeness (QED) is 0.923. The van der Waals surface area contributed by atoms with Crippen LogP contribution in [0.3, 0.4) is 0 Å². The third kappa shape index (κ3) is 3.15. The van der Waals surface area contributed by atoms with E-state index in [9.17, 15) is 4.79 Å². The normalized spacial score (nSPS) is 27.2. The Morgan fingerprint density at radius 3 is 2.76 bits per heavy atom. The van der Waals surface area contributed by atoms with E-state index in [1.165, 1.54) is 4.88 Å². The second kappa shape index (κ2) is 6.46. The lowest BCUT2D eigenvalue weighted by molar-refractivity contribution is -0.139. The Bertz CT molecular complexity index is 460. The topological polar surface area (TPSA) is 35.6 Å². The van der Waals surface area contributed by atoms with Gasteiger partial charge >= 0.3 is 0 Å². The van der Waals surface area contributed by atoms with Crippen LogP contribution < -0.4 is 5.32 Å². The predicted octanol–water partition coefficient (Wildman–Crippen LogP) is 1.92. The van der Waals surface area contributed by atoms with Gasteiger partial charge in [-0.2, -0.15) is 0 Å². The minimum Gasteiger partial charge on any atom is -0.339 e. The van der Waals surface area contributed by atoms with Crippen LogP contribution in [0.15, 0.2) is 17.5 Å². The van der Waals surface area contributed by atoms with Gasteiger partial charge in [0.2, 0.25) is 5.91 Å². The standard InChI is InChI=1S/C16H25N3OS/c1-2-16(6-4-7-17-16)15(20)19-10-8-18(9-11-19)13-14-5-3-12-21-14/h3,5,12,17H,2,4,6-11,13H2,1H3. The van der Waals surface area contributed by atoms with E-state index in [0.29, 0.717) is 5.91 Å². The molecule has 4 nitrogen and oxygen atoms in total. The number of carbonyl (C=O) groups excluding carboxylic acids is 1. The summed E-state index contributed by atoms with van der Waals surface area (Å²) >= 11 is 1.81. The molecule has 1 unspecified atom stereocenters. The minimum absolute atomic E-state index is 0.268. The summed E-state index contributed by atoms with van der Waals surface area (Å²) in [5.41, 5.74) is -0.268. The molecule has 0 spiro atoms. The molecule has 2 fully saturated rings. The molecule has 21 heavy (non-hydrogen) atoms. The Labute approximate surface area is 131 Å². The summed E-state index contributed by atoms with van der Waals surface area (Å²) in [6, 6.07) is 4.30. The van der Waals surface area contributed by atoms with E-state index in [-0.39, 0.29) is 5.54 Å². The number of nitrogens with zero attached hydrogens (tertiary/aromatic N) is 2. The highest BCUT2D eigenvalue weighted by Crippen LogP contribution is 2.26. The van der Waals surface area contributed by atoms with Crippen LogP contribution in [0.1, 0.15) is 31.1 Å². The van der Waals surface area contributed by atoms with Crippen molar-refractivity contribution >= 4 is 17.2 Å². The van der Waals surface area contributed by atoms with Gasteiger partial charge in [0.05, 0.1) is 5.54 Å². The van der Waals surface area contributed by atoms with Gasteiger partial charge in [0, 0.05) is 37.6 Å². The molecule has 0 aliphatic carbocycles. The summed E-state index contributed by atoms with van der Waals surface area (Å²) in [7, 11) is 0. The average Bonchev–Trinajstić information content (AvgIpc) is 3.19. The minimum atomic E-state index is -0.268. The van der Waals surface area contributed by atoms with Crippen molar-refractivity contribution in [3.8, 4) is 0 Å². The summed E-state index contributed by atoms with van der Waals surface area (Å²) < 4.78 is 0. The molecule has 5 heteroatoms. The molecule has 0 aromatic carbocycles. The molecule has 2 aliphatic heterocycles. The van der Waals surface area contributed by atoms with Gasteiger partial charge in [-0.25, -0.2) is 0 Å².